The fraction of sp³-hybridized carbons (Fsp3) is 0.375. The molecule has 2 unspecified atom stereocenters. The maximum absolute atomic E-state index is 11.3. The van der Waals surface area contributed by atoms with Crippen LogP contribution in [-0.4, -0.2) is 31.4 Å². The summed E-state index contributed by atoms with van der Waals surface area (Å²) in [5.41, 5.74) is 6.43. The quantitative estimate of drug-likeness (QED) is 0.857. The van der Waals surface area contributed by atoms with Crippen molar-refractivity contribution in [1.29, 1.82) is 0 Å². The highest BCUT2D eigenvalue weighted by molar-refractivity contribution is 5.78. The van der Waals surface area contributed by atoms with Crippen LogP contribution in [0.3, 0.4) is 0 Å². The highest BCUT2D eigenvalue weighted by atomic mass is 16.5. The predicted molar refractivity (Wildman–Crippen MR) is 82.6 cm³/mol. The van der Waals surface area contributed by atoms with Crippen LogP contribution in [0.4, 0.5) is 5.69 Å². The average Bonchev–Trinajstić information content (AvgIpc) is 2.99. The molecule has 110 valence electrons. The van der Waals surface area contributed by atoms with Gasteiger partial charge in [-0.1, -0.05) is 12.1 Å². The van der Waals surface area contributed by atoms with Gasteiger partial charge in [0, 0.05) is 37.5 Å². The molecular formula is C16H19N3O2. The van der Waals surface area contributed by atoms with Gasteiger partial charge in [0.05, 0.1) is 5.92 Å². The number of dihydropyridines is 1. The van der Waals surface area contributed by atoms with Gasteiger partial charge >= 0.3 is 0 Å². The number of nitrogens with zero attached hydrogens (tertiary/aromatic N) is 2. The predicted octanol–water partition coefficient (Wildman–Crippen LogP) is 1.73. The normalized spacial score (nSPS) is 24.3. The van der Waals surface area contributed by atoms with Gasteiger partial charge in [0.1, 0.15) is 5.75 Å². The summed E-state index contributed by atoms with van der Waals surface area (Å²) in [7, 11) is 0. The van der Waals surface area contributed by atoms with Crippen molar-refractivity contribution in [2.24, 2.45) is 16.6 Å². The van der Waals surface area contributed by atoms with Crippen LogP contribution in [0.25, 0.3) is 0 Å². The van der Waals surface area contributed by atoms with Gasteiger partial charge in [0.25, 0.3) is 0 Å². The number of primary amides is 1. The maximum atomic E-state index is 11.3. The lowest BCUT2D eigenvalue weighted by Crippen LogP contribution is -2.27. The molecule has 2 heterocycles. The molecule has 0 bridgehead atoms. The first-order valence-corrected chi connectivity index (χ1v) is 7.21. The molecule has 5 heteroatoms. The van der Waals surface area contributed by atoms with Gasteiger partial charge in [0.2, 0.25) is 12.1 Å². The van der Waals surface area contributed by atoms with Crippen LogP contribution in [0.5, 0.6) is 5.75 Å². The molecule has 0 aromatic heterocycles. The lowest BCUT2D eigenvalue weighted by Gasteiger charge is -2.20. The standard InChI is InChI=1S/C16H19N3O2/c17-16(20)12-7-9-19(11-12)13-4-3-5-14(10-13)21-15-6-1-2-8-18-15/h1,3-6,8,10,12,15H,2,7,9,11H2,(H2,17,20). The third-order valence-electron chi connectivity index (χ3n) is 3.82. The molecule has 1 aromatic carbocycles. The fourth-order valence-electron chi connectivity index (χ4n) is 2.66. The van der Waals surface area contributed by atoms with Crippen LogP contribution >= 0.6 is 0 Å². The summed E-state index contributed by atoms with van der Waals surface area (Å²) in [6.45, 7) is 1.53. The summed E-state index contributed by atoms with van der Waals surface area (Å²) in [4.78, 5) is 17.7. The largest absolute Gasteiger partial charge is 0.465 e. The monoisotopic (exact) mass is 285 g/mol. The molecule has 2 N–H and O–H groups in total. The summed E-state index contributed by atoms with van der Waals surface area (Å²) in [6, 6.07) is 7.89. The van der Waals surface area contributed by atoms with Crippen LogP contribution in [0.15, 0.2) is 41.4 Å². The number of aliphatic imine (C=N–C) groups is 1. The Morgan fingerprint density at radius 2 is 2.33 bits per heavy atom. The Hall–Kier alpha value is -2.30. The second kappa shape index (κ2) is 5.99. The van der Waals surface area contributed by atoms with Crippen molar-refractivity contribution in [3.63, 3.8) is 0 Å². The van der Waals surface area contributed by atoms with E-state index in [4.69, 9.17) is 10.5 Å². The Kier molecular flexibility index (Phi) is 3.90. The molecule has 0 aliphatic carbocycles. The topological polar surface area (TPSA) is 67.9 Å². The first kappa shape index (κ1) is 13.7. The minimum absolute atomic E-state index is 0.0551. The minimum atomic E-state index is -0.244. The van der Waals surface area contributed by atoms with E-state index in [0.29, 0.717) is 6.54 Å². The van der Waals surface area contributed by atoms with Crippen molar-refractivity contribution in [2.45, 2.75) is 19.1 Å². The van der Waals surface area contributed by atoms with Gasteiger partial charge in [-0.05, 0) is 24.6 Å². The van der Waals surface area contributed by atoms with Gasteiger partial charge in [-0.3, -0.25) is 9.79 Å². The first-order chi connectivity index (χ1) is 10.2. The Balaban J connectivity index is 1.68. The number of nitrogens with two attached hydrogens (primary N) is 1. The fourth-order valence-corrected chi connectivity index (χ4v) is 2.66. The number of carbonyl (C=O) groups is 1. The Morgan fingerprint density at radius 3 is 3.05 bits per heavy atom. The summed E-state index contributed by atoms with van der Waals surface area (Å²) in [5.74, 6) is 0.510. The van der Waals surface area contributed by atoms with Crippen LogP contribution in [0.2, 0.25) is 0 Å². The van der Waals surface area contributed by atoms with Gasteiger partial charge in [-0.15, -0.1) is 0 Å². The van der Waals surface area contributed by atoms with Crippen LogP contribution in [0, 0.1) is 5.92 Å². The molecule has 2 atom stereocenters. The van der Waals surface area contributed by atoms with E-state index < -0.39 is 0 Å². The smallest absolute Gasteiger partial charge is 0.222 e. The average molecular weight is 285 g/mol. The molecule has 1 saturated heterocycles. The van der Waals surface area contributed by atoms with Crippen molar-refractivity contribution in [3.8, 4) is 5.75 Å². The highest BCUT2D eigenvalue weighted by Gasteiger charge is 2.26. The van der Waals surface area contributed by atoms with Crippen molar-refractivity contribution in [3.05, 3.63) is 36.4 Å². The van der Waals surface area contributed by atoms with Crippen molar-refractivity contribution < 1.29 is 9.53 Å². The first-order valence-electron chi connectivity index (χ1n) is 7.21. The molecule has 2 aliphatic rings. The molecule has 1 amide bonds. The van der Waals surface area contributed by atoms with E-state index >= 15 is 0 Å². The zero-order valence-electron chi connectivity index (χ0n) is 11.8. The summed E-state index contributed by atoms with van der Waals surface area (Å²) < 4.78 is 5.83. The second-order valence-corrected chi connectivity index (χ2v) is 5.34. The van der Waals surface area contributed by atoms with E-state index in [9.17, 15) is 4.79 Å². The maximum Gasteiger partial charge on any atom is 0.222 e. The Morgan fingerprint density at radius 1 is 1.43 bits per heavy atom. The third kappa shape index (κ3) is 3.24. The van der Waals surface area contributed by atoms with Gasteiger partial charge in [-0.25, -0.2) is 0 Å². The molecule has 0 spiro atoms. The number of hydrogen-bond acceptors (Lipinski definition) is 4. The summed E-state index contributed by atoms with van der Waals surface area (Å²) in [5, 5.41) is 0. The van der Waals surface area contributed by atoms with Crippen molar-refractivity contribution >= 4 is 17.8 Å². The molecule has 1 aromatic rings. The number of benzene rings is 1. The molecule has 0 saturated carbocycles. The van der Waals surface area contributed by atoms with E-state index in [0.717, 1.165) is 30.8 Å². The van der Waals surface area contributed by atoms with Crippen molar-refractivity contribution in [1.82, 2.24) is 0 Å². The number of amides is 1. The van der Waals surface area contributed by atoms with Gasteiger partial charge in [0.15, 0.2) is 0 Å². The molecule has 1 fully saturated rings. The number of hydrogen-bond donors (Lipinski definition) is 1. The Bertz CT molecular complexity index is 571. The highest BCUT2D eigenvalue weighted by Crippen LogP contribution is 2.27. The van der Waals surface area contributed by atoms with E-state index in [1.807, 2.05) is 42.6 Å². The lowest BCUT2D eigenvalue weighted by molar-refractivity contribution is -0.121. The summed E-state index contributed by atoms with van der Waals surface area (Å²) in [6.07, 6.45) is 7.28. The number of carbonyl (C=O) groups excluding carboxylic acids is 1. The third-order valence-corrected chi connectivity index (χ3v) is 3.82. The zero-order chi connectivity index (χ0) is 14.7. The zero-order valence-corrected chi connectivity index (χ0v) is 11.8. The second-order valence-electron chi connectivity index (χ2n) is 5.34. The van der Waals surface area contributed by atoms with E-state index in [1.54, 1.807) is 0 Å². The van der Waals surface area contributed by atoms with E-state index in [1.165, 1.54) is 0 Å². The van der Waals surface area contributed by atoms with E-state index in [-0.39, 0.29) is 18.1 Å². The van der Waals surface area contributed by atoms with Gasteiger partial charge < -0.3 is 15.4 Å². The number of anilines is 1. The Labute approximate surface area is 124 Å². The molecule has 2 aliphatic heterocycles. The number of rotatable bonds is 4. The molecular weight excluding hydrogens is 266 g/mol. The molecule has 21 heavy (non-hydrogen) atoms. The van der Waals surface area contributed by atoms with Crippen molar-refractivity contribution in [2.75, 3.05) is 18.0 Å². The van der Waals surface area contributed by atoms with Crippen LogP contribution in [0.1, 0.15) is 12.8 Å². The lowest BCUT2D eigenvalue weighted by atomic mass is 10.1. The minimum Gasteiger partial charge on any atom is -0.465 e. The van der Waals surface area contributed by atoms with Crippen LogP contribution < -0.4 is 15.4 Å². The number of ether oxygens (including phenoxy) is 1. The summed E-state index contributed by atoms with van der Waals surface area (Å²) >= 11 is 0. The SMILES string of the molecule is NC(=O)C1CCN(c2cccc(OC3C=CCC=N3)c2)C1. The molecule has 0 radical (unpaired) electrons. The van der Waals surface area contributed by atoms with E-state index in [2.05, 4.69) is 9.89 Å². The molecule has 3 rings (SSSR count). The molecule has 5 nitrogen and oxygen atoms in total. The van der Waals surface area contributed by atoms with Crippen LogP contribution in [-0.2, 0) is 4.79 Å². The number of allylic oxidation sites excluding steroid dienone is 1. The van der Waals surface area contributed by atoms with Gasteiger partial charge in [-0.2, -0.15) is 0 Å².